The zero-order valence-electron chi connectivity index (χ0n) is 12.3. The van der Waals surface area contributed by atoms with E-state index in [9.17, 15) is 9.90 Å². The fourth-order valence-electron chi connectivity index (χ4n) is 2.76. The van der Waals surface area contributed by atoms with E-state index in [1.165, 1.54) is 0 Å². The van der Waals surface area contributed by atoms with Crippen LogP contribution in [0.25, 0.3) is 0 Å². The fraction of sp³-hybridized carbons (Fsp3) is 0.222. The minimum Gasteiger partial charge on any atom is -0.389 e. The van der Waals surface area contributed by atoms with Gasteiger partial charge < -0.3 is 10.0 Å². The summed E-state index contributed by atoms with van der Waals surface area (Å²) in [6.07, 6.45) is -0.185. The molecule has 22 heavy (non-hydrogen) atoms. The van der Waals surface area contributed by atoms with Crippen LogP contribution in [0.2, 0.25) is 0 Å². The van der Waals surface area contributed by atoms with Crippen LogP contribution in [0.3, 0.4) is 0 Å². The molecular weight excluding hydrogens is 276 g/mol. The highest BCUT2D eigenvalue weighted by Crippen LogP contribution is 2.32. The largest absolute Gasteiger partial charge is 0.389 e. The van der Waals surface area contributed by atoms with Gasteiger partial charge in [0, 0.05) is 5.69 Å². The Morgan fingerprint density at radius 1 is 1.32 bits per heavy atom. The maximum atomic E-state index is 12.3. The summed E-state index contributed by atoms with van der Waals surface area (Å²) >= 11 is 0. The standard InChI is InChI=1S/C18H16N2O2/c1-12(21)15-5-6-17-16(8-15)9-18(22)20(17)11-14-4-2-3-13(7-14)10-19/h2-8,12,21H,9,11H2,1H3. The molecule has 2 aromatic rings. The molecule has 0 aromatic heterocycles. The molecule has 1 aliphatic heterocycles. The lowest BCUT2D eigenvalue weighted by molar-refractivity contribution is -0.117. The number of anilines is 1. The first-order chi connectivity index (χ1) is 10.6. The predicted octanol–water partition coefficient (Wildman–Crippen LogP) is 2.70. The molecule has 110 valence electrons. The van der Waals surface area contributed by atoms with E-state index < -0.39 is 6.10 Å². The van der Waals surface area contributed by atoms with E-state index in [0.29, 0.717) is 18.5 Å². The van der Waals surface area contributed by atoms with Gasteiger partial charge in [-0.25, -0.2) is 0 Å². The van der Waals surface area contributed by atoms with Gasteiger partial charge >= 0.3 is 0 Å². The number of fused-ring (bicyclic) bond motifs is 1. The third-order valence-electron chi connectivity index (χ3n) is 3.92. The van der Waals surface area contributed by atoms with Crippen molar-refractivity contribution in [2.24, 2.45) is 0 Å². The van der Waals surface area contributed by atoms with Crippen molar-refractivity contribution in [3.8, 4) is 6.07 Å². The summed E-state index contributed by atoms with van der Waals surface area (Å²) in [5, 5.41) is 18.6. The highest BCUT2D eigenvalue weighted by Gasteiger charge is 2.27. The van der Waals surface area contributed by atoms with Crippen LogP contribution in [0, 0.1) is 11.3 Å². The topological polar surface area (TPSA) is 64.3 Å². The average Bonchev–Trinajstić information content (AvgIpc) is 2.82. The van der Waals surface area contributed by atoms with Gasteiger partial charge in [0.15, 0.2) is 0 Å². The Kier molecular flexibility index (Phi) is 3.66. The van der Waals surface area contributed by atoms with Gasteiger partial charge in [-0.3, -0.25) is 4.79 Å². The summed E-state index contributed by atoms with van der Waals surface area (Å²) in [5.74, 6) is 0.0418. The lowest BCUT2D eigenvalue weighted by Gasteiger charge is -2.18. The normalized spacial score (nSPS) is 14.6. The number of aliphatic hydroxyl groups excluding tert-OH is 1. The Balaban J connectivity index is 1.90. The number of nitrogens with zero attached hydrogens (tertiary/aromatic N) is 2. The number of carbonyl (C=O) groups excluding carboxylic acids is 1. The summed E-state index contributed by atoms with van der Waals surface area (Å²) in [6, 6.07) is 15.0. The third-order valence-corrected chi connectivity index (χ3v) is 3.92. The van der Waals surface area contributed by atoms with Gasteiger partial charge in [-0.15, -0.1) is 0 Å². The van der Waals surface area contributed by atoms with E-state index in [1.54, 1.807) is 24.0 Å². The van der Waals surface area contributed by atoms with Crippen molar-refractivity contribution in [2.75, 3.05) is 4.90 Å². The summed E-state index contributed by atoms with van der Waals surface area (Å²) in [5.41, 5.74) is 4.17. The summed E-state index contributed by atoms with van der Waals surface area (Å²) < 4.78 is 0. The molecule has 0 saturated heterocycles. The SMILES string of the molecule is CC(O)c1ccc2c(c1)CC(=O)N2Cc1cccc(C#N)c1. The molecule has 0 saturated carbocycles. The third kappa shape index (κ3) is 2.59. The van der Waals surface area contributed by atoms with Crippen molar-refractivity contribution >= 4 is 11.6 Å². The summed E-state index contributed by atoms with van der Waals surface area (Å²) in [7, 11) is 0. The molecule has 1 heterocycles. The highest BCUT2D eigenvalue weighted by molar-refractivity contribution is 6.01. The molecule has 1 amide bonds. The van der Waals surface area contributed by atoms with Crippen LogP contribution in [0.4, 0.5) is 5.69 Å². The Labute approximate surface area is 129 Å². The second-order valence-electron chi connectivity index (χ2n) is 5.53. The number of aliphatic hydroxyl groups is 1. The van der Waals surface area contributed by atoms with E-state index in [-0.39, 0.29) is 5.91 Å². The lowest BCUT2D eigenvalue weighted by Crippen LogP contribution is -2.25. The Bertz CT molecular complexity index is 775. The molecule has 0 radical (unpaired) electrons. The maximum Gasteiger partial charge on any atom is 0.231 e. The quantitative estimate of drug-likeness (QED) is 0.946. The Morgan fingerprint density at radius 3 is 2.86 bits per heavy atom. The van der Waals surface area contributed by atoms with Gasteiger partial charge in [-0.1, -0.05) is 24.3 Å². The van der Waals surface area contributed by atoms with Gasteiger partial charge in [0.25, 0.3) is 0 Å². The zero-order chi connectivity index (χ0) is 15.7. The fourth-order valence-corrected chi connectivity index (χ4v) is 2.76. The van der Waals surface area contributed by atoms with Crippen LogP contribution in [-0.4, -0.2) is 11.0 Å². The van der Waals surface area contributed by atoms with Crippen molar-refractivity contribution in [3.05, 3.63) is 64.7 Å². The number of hydrogen-bond donors (Lipinski definition) is 1. The van der Waals surface area contributed by atoms with Gasteiger partial charge in [0.1, 0.15) is 0 Å². The minimum atomic E-state index is -0.540. The number of benzene rings is 2. The number of amides is 1. The monoisotopic (exact) mass is 292 g/mol. The van der Waals surface area contributed by atoms with E-state index in [2.05, 4.69) is 6.07 Å². The predicted molar refractivity (Wildman–Crippen MR) is 83.1 cm³/mol. The molecular formula is C18H16N2O2. The van der Waals surface area contributed by atoms with Crippen LogP contribution < -0.4 is 4.90 Å². The van der Waals surface area contributed by atoms with E-state index in [1.807, 2.05) is 30.3 Å². The number of nitriles is 1. The van der Waals surface area contributed by atoms with E-state index in [4.69, 9.17) is 5.26 Å². The average molecular weight is 292 g/mol. The Morgan fingerprint density at radius 2 is 2.14 bits per heavy atom. The molecule has 1 N–H and O–H groups in total. The van der Waals surface area contributed by atoms with Gasteiger partial charge in [-0.05, 0) is 41.8 Å². The molecule has 1 unspecified atom stereocenters. The van der Waals surface area contributed by atoms with Crippen molar-refractivity contribution < 1.29 is 9.90 Å². The highest BCUT2D eigenvalue weighted by atomic mass is 16.3. The van der Waals surface area contributed by atoms with Crippen LogP contribution in [0.1, 0.15) is 35.3 Å². The smallest absolute Gasteiger partial charge is 0.231 e. The molecule has 1 atom stereocenters. The molecule has 1 aliphatic rings. The molecule has 0 fully saturated rings. The van der Waals surface area contributed by atoms with Crippen LogP contribution in [0.5, 0.6) is 0 Å². The van der Waals surface area contributed by atoms with Crippen molar-refractivity contribution in [3.63, 3.8) is 0 Å². The molecule has 4 heteroatoms. The first-order valence-corrected chi connectivity index (χ1v) is 7.19. The molecule has 0 spiro atoms. The molecule has 3 rings (SSSR count). The second-order valence-corrected chi connectivity index (χ2v) is 5.53. The minimum absolute atomic E-state index is 0.0418. The first kappa shape index (κ1) is 14.3. The lowest BCUT2D eigenvalue weighted by atomic mass is 10.0. The number of carbonyl (C=O) groups is 1. The molecule has 2 aromatic carbocycles. The molecule has 0 aliphatic carbocycles. The number of rotatable bonds is 3. The van der Waals surface area contributed by atoms with Gasteiger partial charge in [0.2, 0.25) is 5.91 Å². The zero-order valence-corrected chi connectivity index (χ0v) is 12.3. The summed E-state index contributed by atoms with van der Waals surface area (Å²) in [4.78, 5) is 14.0. The number of hydrogen-bond acceptors (Lipinski definition) is 3. The van der Waals surface area contributed by atoms with Crippen LogP contribution >= 0.6 is 0 Å². The van der Waals surface area contributed by atoms with Crippen LogP contribution in [-0.2, 0) is 17.8 Å². The van der Waals surface area contributed by atoms with E-state index >= 15 is 0 Å². The van der Waals surface area contributed by atoms with Crippen molar-refractivity contribution in [2.45, 2.75) is 26.0 Å². The van der Waals surface area contributed by atoms with Crippen LogP contribution in [0.15, 0.2) is 42.5 Å². The molecule has 0 bridgehead atoms. The maximum absolute atomic E-state index is 12.3. The molecule has 4 nitrogen and oxygen atoms in total. The van der Waals surface area contributed by atoms with E-state index in [0.717, 1.165) is 22.4 Å². The van der Waals surface area contributed by atoms with Gasteiger partial charge in [-0.2, -0.15) is 5.26 Å². The van der Waals surface area contributed by atoms with Gasteiger partial charge in [0.05, 0.1) is 30.7 Å². The Hall–Kier alpha value is -2.64. The van der Waals surface area contributed by atoms with Crippen molar-refractivity contribution in [1.29, 1.82) is 5.26 Å². The first-order valence-electron chi connectivity index (χ1n) is 7.19. The van der Waals surface area contributed by atoms with Crippen molar-refractivity contribution in [1.82, 2.24) is 0 Å². The second kappa shape index (κ2) is 5.63. The summed E-state index contributed by atoms with van der Waals surface area (Å²) in [6.45, 7) is 2.17.